The molecule has 116 valence electrons. The molecule has 0 spiro atoms. The van der Waals surface area contributed by atoms with Crippen LogP contribution in [0.3, 0.4) is 0 Å². The van der Waals surface area contributed by atoms with Crippen molar-refractivity contribution in [3.05, 3.63) is 29.8 Å². The zero-order valence-corrected chi connectivity index (χ0v) is 13.1. The molecule has 1 atom stereocenters. The van der Waals surface area contributed by atoms with E-state index in [2.05, 4.69) is 0 Å². The predicted octanol–water partition coefficient (Wildman–Crippen LogP) is 3.19. The van der Waals surface area contributed by atoms with Crippen LogP contribution in [0, 0.1) is 0 Å². The maximum absolute atomic E-state index is 12.0. The Hall–Kier alpha value is -2.04. The lowest BCUT2D eigenvalue weighted by Crippen LogP contribution is -2.33. The quantitative estimate of drug-likeness (QED) is 0.756. The van der Waals surface area contributed by atoms with E-state index in [9.17, 15) is 9.59 Å². The number of carbonyl (C=O) groups excluding carboxylic acids is 2. The molecule has 0 aromatic heterocycles. The Labute approximate surface area is 125 Å². The second-order valence-electron chi connectivity index (χ2n) is 4.55. The number of esters is 1. The molecular weight excluding hydrogens is 270 g/mol. The van der Waals surface area contributed by atoms with Gasteiger partial charge in [-0.05, 0) is 33.8 Å². The van der Waals surface area contributed by atoms with Gasteiger partial charge in [-0.2, -0.15) is 0 Å². The first kappa shape index (κ1) is 17.0. The van der Waals surface area contributed by atoms with Crippen LogP contribution in [0.2, 0.25) is 0 Å². The highest BCUT2D eigenvalue weighted by Crippen LogP contribution is 2.27. The zero-order valence-electron chi connectivity index (χ0n) is 13.1. The SMILES string of the molecule is CCOC(=O)C(C)c1ccccc1OC(=O)N(CC)CC. The number of rotatable bonds is 6. The van der Waals surface area contributed by atoms with Gasteiger partial charge in [0, 0.05) is 18.7 Å². The molecule has 5 nitrogen and oxygen atoms in total. The lowest BCUT2D eigenvalue weighted by atomic mass is 10.0. The third-order valence-corrected chi connectivity index (χ3v) is 3.24. The van der Waals surface area contributed by atoms with Crippen LogP contribution in [0.15, 0.2) is 24.3 Å². The number of para-hydroxylation sites is 1. The first-order valence-corrected chi connectivity index (χ1v) is 7.27. The van der Waals surface area contributed by atoms with E-state index in [0.717, 1.165) is 0 Å². The summed E-state index contributed by atoms with van der Waals surface area (Å²) < 4.78 is 10.4. The maximum Gasteiger partial charge on any atom is 0.415 e. The molecule has 1 aromatic carbocycles. The van der Waals surface area contributed by atoms with E-state index in [-0.39, 0.29) is 5.97 Å². The minimum absolute atomic E-state index is 0.324. The number of amides is 1. The number of benzene rings is 1. The first-order chi connectivity index (χ1) is 10.0. The number of nitrogens with zero attached hydrogens (tertiary/aromatic N) is 1. The van der Waals surface area contributed by atoms with Gasteiger partial charge < -0.3 is 14.4 Å². The van der Waals surface area contributed by atoms with E-state index in [1.807, 2.05) is 13.8 Å². The molecule has 0 bridgehead atoms. The monoisotopic (exact) mass is 293 g/mol. The largest absolute Gasteiger partial charge is 0.466 e. The van der Waals surface area contributed by atoms with Crippen molar-refractivity contribution in [2.45, 2.75) is 33.6 Å². The highest BCUT2D eigenvalue weighted by Gasteiger charge is 2.22. The smallest absolute Gasteiger partial charge is 0.415 e. The van der Waals surface area contributed by atoms with Crippen molar-refractivity contribution in [3.63, 3.8) is 0 Å². The molecule has 1 rings (SSSR count). The van der Waals surface area contributed by atoms with Gasteiger partial charge in [0.25, 0.3) is 0 Å². The summed E-state index contributed by atoms with van der Waals surface area (Å²) in [5.41, 5.74) is 0.649. The molecule has 0 fully saturated rings. The van der Waals surface area contributed by atoms with E-state index < -0.39 is 12.0 Å². The van der Waals surface area contributed by atoms with E-state index >= 15 is 0 Å². The van der Waals surface area contributed by atoms with Gasteiger partial charge >= 0.3 is 12.1 Å². The third kappa shape index (κ3) is 4.48. The average molecular weight is 293 g/mol. The molecule has 1 amide bonds. The van der Waals surface area contributed by atoms with Crippen LogP contribution >= 0.6 is 0 Å². The summed E-state index contributed by atoms with van der Waals surface area (Å²) in [5.74, 6) is -0.413. The Bertz CT molecular complexity index is 483. The fourth-order valence-electron chi connectivity index (χ4n) is 1.97. The molecule has 0 saturated carbocycles. The van der Waals surface area contributed by atoms with Gasteiger partial charge in [-0.15, -0.1) is 0 Å². The minimum Gasteiger partial charge on any atom is -0.466 e. The van der Waals surface area contributed by atoms with Crippen LogP contribution in [-0.2, 0) is 9.53 Å². The van der Waals surface area contributed by atoms with E-state index in [1.54, 1.807) is 43.0 Å². The van der Waals surface area contributed by atoms with Crippen molar-refractivity contribution in [3.8, 4) is 5.75 Å². The molecule has 0 aliphatic heterocycles. The number of hydrogen-bond donors (Lipinski definition) is 0. The standard InChI is InChI=1S/C16H23NO4/c1-5-17(6-2)16(19)21-14-11-9-8-10-13(14)12(4)15(18)20-7-3/h8-12H,5-7H2,1-4H3. The lowest BCUT2D eigenvalue weighted by Gasteiger charge is -2.20. The van der Waals surface area contributed by atoms with E-state index in [0.29, 0.717) is 31.0 Å². The van der Waals surface area contributed by atoms with Crippen LogP contribution in [0.1, 0.15) is 39.2 Å². The minimum atomic E-state index is -0.481. The summed E-state index contributed by atoms with van der Waals surface area (Å²) in [6.45, 7) is 8.75. The summed E-state index contributed by atoms with van der Waals surface area (Å²) in [6.07, 6.45) is -0.413. The molecule has 0 aliphatic carbocycles. The highest BCUT2D eigenvalue weighted by molar-refractivity contribution is 5.79. The van der Waals surface area contributed by atoms with Crippen molar-refractivity contribution in [1.82, 2.24) is 4.90 Å². The van der Waals surface area contributed by atoms with Crippen molar-refractivity contribution < 1.29 is 19.1 Å². The second-order valence-corrected chi connectivity index (χ2v) is 4.55. The fourth-order valence-corrected chi connectivity index (χ4v) is 1.97. The van der Waals surface area contributed by atoms with Crippen LogP contribution in [0.4, 0.5) is 4.79 Å². The highest BCUT2D eigenvalue weighted by atomic mass is 16.6. The molecule has 1 aromatic rings. The topological polar surface area (TPSA) is 55.8 Å². The summed E-state index contributed by atoms with van der Waals surface area (Å²) in [5, 5.41) is 0. The van der Waals surface area contributed by atoms with Gasteiger partial charge in [-0.1, -0.05) is 18.2 Å². The molecule has 0 N–H and O–H groups in total. The van der Waals surface area contributed by atoms with Crippen molar-refractivity contribution >= 4 is 12.1 Å². The number of hydrogen-bond acceptors (Lipinski definition) is 4. The molecule has 21 heavy (non-hydrogen) atoms. The number of carbonyl (C=O) groups is 2. The molecular formula is C16H23NO4. The average Bonchev–Trinajstić information content (AvgIpc) is 2.48. The number of ether oxygens (including phenoxy) is 2. The summed E-state index contributed by atoms with van der Waals surface area (Å²) in [7, 11) is 0. The normalized spacial score (nSPS) is 11.6. The summed E-state index contributed by atoms with van der Waals surface area (Å²) in [6, 6.07) is 7.03. The van der Waals surface area contributed by atoms with Gasteiger partial charge in [0.1, 0.15) is 5.75 Å². The van der Waals surface area contributed by atoms with Gasteiger partial charge in [0.15, 0.2) is 0 Å². The third-order valence-electron chi connectivity index (χ3n) is 3.24. The van der Waals surface area contributed by atoms with Gasteiger partial charge in [-0.3, -0.25) is 4.79 Å². The van der Waals surface area contributed by atoms with Crippen molar-refractivity contribution in [2.75, 3.05) is 19.7 Å². The Morgan fingerprint density at radius 2 is 1.76 bits per heavy atom. The Morgan fingerprint density at radius 1 is 1.14 bits per heavy atom. The lowest BCUT2D eigenvalue weighted by molar-refractivity contribution is -0.144. The van der Waals surface area contributed by atoms with E-state index in [4.69, 9.17) is 9.47 Å². The van der Waals surface area contributed by atoms with Crippen LogP contribution in [0.25, 0.3) is 0 Å². The summed E-state index contributed by atoms with van der Waals surface area (Å²) >= 11 is 0. The Morgan fingerprint density at radius 3 is 2.33 bits per heavy atom. The molecule has 0 radical (unpaired) electrons. The van der Waals surface area contributed by atoms with Crippen LogP contribution < -0.4 is 4.74 Å². The van der Waals surface area contributed by atoms with Gasteiger partial charge in [-0.25, -0.2) is 4.79 Å². The van der Waals surface area contributed by atoms with Crippen LogP contribution in [-0.4, -0.2) is 36.7 Å². The molecule has 5 heteroatoms. The Balaban J connectivity index is 2.94. The van der Waals surface area contributed by atoms with Crippen molar-refractivity contribution in [2.24, 2.45) is 0 Å². The first-order valence-electron chi connectivity index (χ1n) is 7.27. The van der Waals surface area contributed by atoms with Gasteiger partial charge in [0.05, 0.1) is 12.5 Å². The zero-order chi connectivity index (χ0) is 15.8. The maximum atomic E-state index is 12.0. The predicted molar refractivity (Wildman–Crippen MR) is 80.4 cm³/mol. The molecule has 0 saturated heterocycles. The fraction of sp³-hybridized carbons (Fsp3) is 0.500. The Kier molecular flexibility index (Phi) is 6.72. The van der Waals surface area contributed by atoms with Crippen LogP contribution in [0.5, 0.6) is 5.75 Å². The second kappa shape index (κ2) is 8.29. The molecule has 1 unspecified atom stereocenters. The van der Waals surface area contributed by atoms with Gasteiger partial charge in [0.2, 0.25) is 0 Å². The molecule has 0 heterocycles. The van der Waals surface area contributed by atoms with E-state index in [1.165, 1.54) is 0 Å². The van der Waals surface area contributed by atoms with Crippen molar-refractivity contribution in [1.29, 1.82) is 0 Å². The molecule has 0 aliphatic rings. The summed E-state index contributed by atoms with van der Waals surface area (Å²) in [4.78, 5) is 25.5.